The number of benzene rings is 1. The van der Waals surface area contributed by atoms with Gasteiger partial charge in [-0.25, -0.2) is 4.79 Å². The molecule has 0 radical (unpaired) electrons. The van der Waals surface area contributed by atoms with Crippen LogP contribution in [-0.2, 0) is 6.54 Å². The Bertz CT molecular complexity index is 617. The molecule has 6 heteroatoms. The first-order valence-corrected chi connectivity index (χ1v) is 8.26. The molecule has 0 saturated carbocycles. The molecule has 23 heavy (non-hydrogen) atoms. The molecule has 3 N–H and O–H groups in total. The van der Waals surface area contributed by atoms with E-state index in [1.165, 1.54) is 0 Å². The lowest BCUT2D eigenvalue weighted by molar-refractivity contribution is -0.0569. The first kappa shape index (κ1) is 15.1. The minimum atomic E-state index is -0.879. The molecule has 0 amide bonds. The maximum Gasteiger partial charge on any atom is 0.335 e. The van der Waals surface area contributed by atoms with Crippen LogP contribution >= 0.6 is 0 Å². The SMILES string of the molecule is O=C(O)c1cccc(CN2C[C@H]3C[C@@H](O)CN3C3(CNC3)C2)c1. The lowest BCUT2D eigenvalue weighted by atomic mass is 9.85. The molecule has 0 aliphatic carbocycles. The van der Waals surface area contributed by atoms with Crippen molar-refractivity contribution in [3.05, 3.63) is 35.4 Å². The van der Waals surface area contributed by atoms with E-state index in [4.69, 9.17) is 5.11 Å². The van der Waals surface area contributed by atoms with E-state index in [0.717, 1.165) is 51.3 Å². The summed E-state index contributed by atoms with van der Waals surface area (Å²) in [6.07, 6.45) is 0.626. The van der Waals surface area contributed by atoms with Crippen LogP contribution < -0.4 is 5.32 Å². The number of aromatic carboxylic acids is 1. The van der Waals surface area contributed by atoms with Crippen molar-refractivity contribution in [1.82, 2.24) is 15.1 Å². The van der Waals surface area contributed by atoms with E-state index in [0.29, 0.717) is 11.6 Å². The van der Waals surface area contributed by atoms with Gasteiger partial charge in [-0.15, -0.1) is 0 Å². The van der Waals surface area contributed by atoms with Crippen LogP contribution in [0.2, 0.25) is 0 Å². The van der Waals surface area contributed by atoms with Gasteiger partial charge in [-0.3, -0.25) is 9.80 Å². The van der Waals surface area contributed by atoms with Crippen molar-refractivity contribution in [2.45, 2.75) is 30.7 Å². The highest BCUT2D eigenvalue weighted by Gasteiger charge is 2.52. The zero-order valence-corrected chi connectivity index (χ0v) is 13.1. The van der Waals surface area contributed by atoms with E-state index in [1.807, 2.05) is 12.1 Å². The predicted molar refractivity (Wildman–Crippen MR) is 85.4 cm³/mol. The number of nitrogens with zero attached hydrogens (tertiary/aromatic N) is 2. The summed E-state index contributed by atoms with van der Waals surface area (Å²) in [5.41, 5.74) is 1.53. The van der Waals surface area contributed by atoms with Gasteiger partial charge >= 0.3 is 5.97 Å². The van der Waals surface area contributed by atoms with E-state index in [-0.39, 0.29) is 11.6 Å². The number of carboxylic acid groups (broad SMARTS) is 1. The molecule has 6 nitrogen and oxygen atoms in total. The van der Waals surface area contributed by atoms with E-state index < -0.39 is 5.97 Å². The molecule has 3 aliphatic heterocycles. The Labute approximate surface area is 135 Å². The second-order valence-electron chi connectivity index (χ2n) is 7.20. The minimum Gasteiger partial charge on any atom is -0.478 e. The molecule has 4 rings (SSSR count). The molecule has 1 aromatic carbocycles. The number of fused-ring (bicyclic) bond motifs is 2. The van der Waals surface area contributed by atoms with E-state index >= 15 is 0 Å². The highest BCUT2D eigenvalue weighted by molar-refractivity contribution is 5.87. The number of hydrogen-bond donors (Lipinski definition) is 3. The average molecular weight is 317 g/mol. The van der Waals surface area contributed by atoms with Crippen molar-refractivity contribution >= 4 is 5.97 Å². The summed E-state index contributed by atoms with van der Waals surface area (Å²) in [6, 6.07) is 7.62. The van der Waals surface area contributed by atoms with Gasteiger partial charge in [-0.1, -0.05) is 12.1 Å². The van der Waals surface area contributed by atoms with Crippen LogP contribution in [0.4, 0.5) is 0 Å². The largest absolute Gasteiger partial charge is 0.478 e. The summed E-state index contributed by atoms with van der Waals surface area (Å²) in [5.74, 6) is -0.879. The standard InChI is InChI=1S/C17H23N3O3/c21-15-5-14-7-19(11-17(9-18-10-17)20(14)8-15)6-12-2-1-3-13(4-12)16(22)23/h1-4,14-15,18,21H,5-11H2,(H,22,23)/t14-,15-/m1/s1. The minimum absolute atomic E-state index is 0.144. The fraction of sp³-hybridized carbons (Fsp3) is 0.588. The van der Waals surface area contributed by atoms with Crippen molar-refractivity contribution in [3.63, 3.8) is 0 Å². The van der Waals surface area contributed by atoms with Crippen LogP contribution in [0.1, 0.15) is 22.3 Å². The molecule has 3 aliphatic rings. The Morgan fingerprint density at radius 2 is 2.17 bits per heavy atom. The maximum atomic E-state index is 11.1. The van der Waals surface area contributed by atoms with Crippen LogP contribution in [0, 0.1) is 0 Å². The Kier molecular flexibility index (Phi) is 3.65. The van der Waals surface area contributed by atoms with Crippen molar-refractivity contribution in [1.29, 1.82) is 0 Å². The zero-order chi connectivity index (χ0) is 16.0. The second-order valence-corrected chi connectivity index (χ2v) is 7.20. The lowest BCUT2D eigenvalue weighted by Gasteiger charge is -2.57. The van der Waals surface area contributed by atoms with Gasteiger partial charge in [0.05, 0.1) is 17.2 Å². The highest BCUT2D eigenvalue weighted by Crippen LogP contribution is 2.35. The number of hydrogen-bond acceptors (Lipinski definition) is 5. The number of aliphatic hydroxyl groups excluding tert-OH is 1. The van der Waals surface area contributed by atoms with Crippen LogP contribution in [-0.4, -0.2) is 76.4 Å². The van der Waals surface area contributed by atoms with Gasteiger partial charge in [0.1, 0.15) is 0 Å². The molecule has 3 saturated heterocycles. The van der Waals surface area contributed by atoms with Gasteiger partial charge in [0.2, 0.25) is 0 Å². The van der Waals surface area contributed by atoms with Gasteiger partial charge in [0.25, 0.3) is 0 Å². The summed E-state index contributed by atoms with van der Waals surface area (Å²) >= 11 is 0. The maximum absolute atomic E-state index is 11.1. The Morgan fingerprint density at radius 3 is 2.87 bits per heavy atom. The number of aliphatic hydroxyl groups is 1. The number of nitrogens with one attached hydrogen (secondary N) is 1. The van der Waals surface area contributed by atoms with Crippen molar-refractivity contribution in [2.75, 3.05) is 32.7 Å². The molecule has 3 heterocycles. The summed E-state index contributed by atoms with van der Waals surface area (Å²) in [7, 11) is 0. The number of rotatable bonds is 3. The Hall–Kier alpha value is -1.47. The first-order valence-electron chi connectivity index (χ1n) is 8.26. The number of carbonyl (C=O) groups is 1. The van der Waals surface area contributed by atoms with E-state index in [2.05, 4.69) is 15.1 Å². The Balaban J connectivity index is 1.51. The molecule has 2 atom stereocenters. The van der Waals surface area contributed by atoms with Crippen LogP contribution in [0.25, 0.3) is 0 Å². The third kappa shape index (κ3) is 2.65. The monoisotopic (exact) mass is 317 g/mol. The van der Waals surface area contributed by atoms with Gasteiger partial charge in [0, 0.05) is 45.3 Å². The Morgan fingerprint density at radius 1 is 1.35 bits per heavy atom. The van der Waals surface area contributed by atoms with Gasteiger partial charge in [-0.2, -0.15) is 0 Å². The molecule has 3 fully saturated rings. The molecule has 0 unspecified atom stereocenters. The van der Waals surface area contributed by atoms with E-state index in [9.17, 15) is 9.90 Å². The molecule has 0 bridgehead atoms. The summed E-state index contributed by atoms with van der Waals surface area (Å²) in [6.45, 7) is 5.42. The third-order valence-electron chi connectivity index (χ3n) is 5.48. The van der Waals surface area contributed by atoms with Crippen molar-refractivity contribution in [3.8, 4) is 0 Å². The highest BCUT2D eigenvalue weighted by atomic mass is 16.4. The lowest BCUT2D eigenvalue weighted by Crippen LogP contribution is -2.77. The first-order chi connectivity index (χ1) is 11.1. The predicted octanol–water partition coefficient (Wildman–Crippen LogP) is -0.0224. The zero-order valence-electron chi connectivity index (χ0n) is 13.1. The second kappa shape index (κ2) is 5.56. The van der Waals surface area contributed by atoms with Crippen molar-refractivity contribution < 1.29 is 15.0 Å². The van der Waals surface area contributed by atoms with Crippen molar-refractivity contribution in [2.24, 2.45) is 0 Å². The summed E-state index contributed by atoms with van der Waals surface area (Å²) in [5, 5.41) is 22.6. The summed E-state index contributed by atoms with van der Waals surface area (Å²) < 4.78 is 0. The fourth-order valence-electron chi connectivity index (χ4n) is 4.43. The normalized spacial score (nSPS) is 30.1. The van der Waals surface area contributed by atoms with Crippen LogP contribution in [0.3, 0.4) is 0 Å². The molecule has 1 aromatic rings. The molecule has 1 spiro atoms. The third-order valence-corrected chi connectivity index (χ3v) is 5.48. The van der Waals surface area contributed by atoms with Crippen LogP contribution in [0.15, 0.2) is 24.3 Å². The fourth-order valence-corrected chi connectivity index (χ4v) is 4.43. The van der Waals surface area contributed by atoms with Gasteiger partial charge < -0.3 is 15.5 Å². The summed E-state index contributed by atoms with van der Waals surface area (Å²) in [4.78, 5) is 16.0. The number of β-amino-alcohol motifs (C(OH)–C–C–N with tert-alkyl or cyclic N) is 1. The quantitative estimate of drug-likeness (QED) is 0.727. The van der Waals surface area contributed by atoms with Crippen LogP contribution in [0.5, 0.6) is 0 Å². The number of carboxylic acids is 1. The molecular weight excluding hydrogens is 294 g/mol. The van der Waals surface area contributed by atoms with E-state index in [1.54, 1.807) is 12.1 Å². The van der Waals surface area contributed by atoms with Gasteiger partial charge in [-0.05, 0) is 24.1 Å². The number of piperazine rings is 1. The smallest absolute Gasteiger partial charge is 0.335 e. The topological polar surface area (TPSA) is 76.0 Å². The molecule has 0 aromatic heterocycles. The molecule has 124 valence electrons. The molecular formula is C17H23N3O3. The van der Waals surface area contributed by atoms with Gasteiger partial charge in [0.15, 0.2) is 0 Å². The average Bonchev–Trinajstić information content (AvgIpc) is 2.85.